The molecular formula is C33H43Cl2FN4O2. The third-order valence-corrected chi connectivity index (χ3v) is 10.1. The van der Waals surface area contributed by atoms with Crippen LogP contribution in [0.1, 0.15) is 50.5 Å². The zero-order valence-electron chi connectivity index (χ0n) is 24.4. The number of piperidine rings is 3. The number of rotatable bonds is 9. The Morgan fingerprint density at radius 3 is 2.21 bits per heavy atom. The third-order valence-electron chi connectivity index (χ3n) is 9.33. The number of anilines is 1. The Morgan fingerprint density at radius 1 is 0.857 bits per heavy atom. The normalized spacial score (nSPS) is 19.6. The van der Waals surface area contributed by atoms with E-state index in [1.165, 1.54) is 5.56 Å². The number of likely N-dealkylation sites (tertiary alicyclic amines) is 2. The van der Waals surface area contributed by atoms with Gasteiger partial charge in [0.1, 0.15) is 5.82 Å². The molecule has 2 aromatic carbocycles. The molecule has 9 heteroatoms. The summed E-state index contributed by atoms with van der Waals surface area (Å²) in [5, 5.41) is 4.24. The molecule has 5 rings (SSSR count). The molecule has 0 unspecified atom stereocenters. The molecule has 2 aromatic rings. The van der Waals surface area contributed by atoms with E-state index in [-0.39, 0.29) is 29.5 Å². The second-order valence-corrected chi connectivity index (χ2v) is 13.0. The SMILES string of the molecule is O=C(C1CCNCC1)N1CCC(C(=O)N(CCCN2CCC(Cc3ccc(F)cc3)CC2)c2ccc(Cl)c(Cl)c2)CC1. The van der Waals surface area contributed by atoms with Gasteiger partial charge < -0.3 is 20.0 Å². The Balaban J connectivity index is 1.13. The van der Waals surface area contributed by atoms with Crippen LogP contribution in [0.25, 0.3) is 0 Å². The van der Waals surface area contributed by atoms with Crippen molar-refractivity contribution in [2.24, 2.45) is 17.8 Å². The average Bonchev–Trinajstić information content (AvgIpc) is 3.02. The van der Waals surface area contributed by atoms with Gasteiger partial charge in [-0.2, -0.15) is 0 Å². The molecule has 0 aromatic heterocycles. The van der Waals surface area contributed by atoms with E-state index >= 15 is 0 Å². The maximum atomic E-state index is 13.9. The van der Waals surface area contributed by atoms with Gasteiger partial charge in [0.05, 0.1) is 10.0 Å². The van der Waals surface area contributed by atoms with E-state index in [0.717, 1.165) is 76.9 Å². The molecule has 42 heavy (non-hydrogen) atoms. The van der Waals surface area contributed by atoms with E-state index < -0.39 is 0 Å². The molecule has 0 radical (unpaired) electrons. The quantitative estimate of drug-likeness (QED) is 0.373. The second kappa shape index (κ2) is 15.0. The number of hydrogen-bond acceptors (Lipinski definition) is 4. The lowest BCUT2D eigenvalue weighted by Gasteiger charge is -2.37. The molecule has 3 heterocycles. The number of carbonyl (C=O) groups is 2. The lowest BCUT2D eigenvalue weighted by atomic mass is 9.90. The van der Waals surface area contributed by atoms with Crippen LogP contribution in [-0.2, 0) is 16.0 Å². The molecular weight excluding hydrogens is 574 g/mol. The van der Waals surface area contributed by atoms with Crippen LogP contribution in [0.2, 0.25) is 10.0 Å². The van der Waals surface area contributed by atoms with Crippen LogP contribution in [0.5, 0.6) is 0 Å². The Labute approximate surface area is 259 Å². The summed E-state index contributed by atoms with van der Waals surface area (Å²) in [5.74, 6) is 0.798. The van der Waals surface area contributed by atoms with Crippen LogP contribution in [0.4, 0.5) is 10.1 Å². The van der Waals surface area contributed by atoms with Crippen molar-refractivity contribution in [3.8, 4) is 0 Å². The maximum absolute atomic E-state index is 13.9. The van der Waals surface area contributed by atoms with Gasteiger partial charge in [-0.05, 0) is 126 Å². The predicted molar refractivity (Wildman–Crippen MR) is 168 cm³/mol. The summed E-state index contributed by atoms with van der Waals surface area (Å²) in [4.78, 5) is 33.3. The predicted octanol–water partition coefficient (Wildman–Crippen LogP) is 6.05. The van der Waals surface area contributed by atoms with E-state index in [0.29, 0.717) is 48.4 Å². The number of carbonyl (C=O) groups excluding carboxylic acids is 2. The Kier molecular flexibility index (Phi) is 11.2. The Morgan fingerprint density at radius 2 is 1.55 bits per heavy atom. The minimum absolute atomic E-state index is 0.110. The monoisotopic (exact) mass is 616 g/mol. The second-order valence-electron chi connectivity index (χ2n) is 12.2. The fourth-order valence-corrected chi connectivity index (χ4v) is 7.03. The van der Waals surface area contributed by atoms with E-state index in [1.54, 1.807) is 24.3 Å². The van der Waals surface area contributed by atoms with Crippen molar-refractivity contribution in [2.45, 2.75) is 51.4 Å². The standard InChI is InChI=1S/C33H43Cl2FN4O2/c34-30-7-6-29(23-31(30)35)40(33(42)27-12-20-39(21-13-27)32(41)26-8-14-37-15-9-26)17-1-16-38-18-10-25(11-19-38)22-24-2-4-28(36)5-3-24/h2-7,23,25-27,37H,1,8-22H2. The average molecular weight is 618 g/mol. The summed E-state index contributed by atoms with van der Waals surface area (Å²) in [5.41, 5.74) is 1.98. The Bertz CT molecular complexity index is 1190. The Hall–Kier alpha value is -2.19. The van der Waals surface area contributed by atoms with Gasteiger partial charge in [-0.3, -0.25) is 9.59 Å². The van der Waals surface area contributed by atoms with Crippen molar-refractivity contribution in [1.82, 2.24) is 15.1 Å². The van der Waals surface area contributed by atoms with Crippen molar-refractivity contribution < 1.29 is 14.0 Å². The van der Waals surface area contributed by atoms with Gasteiger partial charge in [0.15, 0.2) is 0 Å². The summed E-state index contributed by atoms with van der Waals surface area (Å²) in [6.45, 7) is 6.70. The van der Waals surface area contributed by atoms with Gasteiger partial charge in [0.2, 0.25) is 11.8 Å². The van der Waals surface area contributed by atoms with Crippen LogP contribution in [0, 0.1) is 23.6 Å². The number of amides is 2. The first-order chi connectivity index (χ1) is 20.4. The highest BCUT2D eigenvalue weighted by Crippen LogP contribution is 2.31. The topological polar surface area (TPSA) is 55.9 Å². The molecule has 0 spiro atoms. The van der Waals surface area contributed by atoms with Crippen LogP contribution >= 0.6 is 23.2 Å². The summed E-state index contributed by atoms with van der Waals surface area (Å²) < 4.78 is 13.2. The van der Waals surface area contributed by atoms with Crippen molar-refractivity contribution in [1.29, 1.82) is 0 Å². The lowest BCUT2D eigenvalue weighted by molar-refractivity contribution is -0.139. The molecule has 2 amide bonds. The van der Waals surface area contributed by atoms with E-state index in [4.69, 9.17) is 23.2 Å². The number of halogens is 3. The van der Waals surface area contributed by atoms with Gasteiger partial charge in [0.25, 0.3) is 0 Å². The first-order valence-corrected chi connectivity index (χ1v) is 16.4. The highest BCUT2D eigenvalue weighted by molar-refractivity contribution is 6.42. The highest BCUT2D eigenvalue weighted by Gasteiger charge is 2.33. The van der Waals surface area contributed by atoms with Crippen molar-refractivity contribution >= 4 is 40.7 Å². The van der Waals surface area contributed by atoms with Crippen molar-refractivity contribution in [3.05, 3.63) is 63.9 Å². The molecule has 3 aliphatic heterocycles. The molecule has 1 N–H and O–H groups in total. The van der Waals surface area contributed by atoms with E-state index in [1.807, 2.05) is 28.0 Å². The number of nitrogens with zero attached hydrogens (tertiary/aromatic N) is 3. The minimum atomic E-state index is -0.185. The molecule has 3 fully saturated rings. The fourth-order valence-electron chi connectivity index (χ4n) is 6.73. The number of nitrogens with one attached hydrogen (secondary N) is 1. The van der Waals surface area contributed by atoms with Gasteiger partial charge >= 0.3 is 0 Å². The first kappa shape index (κ1) is 31.2. The molecule has 3 aliphatic rings. The number of benzene rings is 2. The van der Waals surface area contributed by atoms with E-state index in [9.17, 15) is 14.0 Å². The zero-order valence-corrected chi connectivity index (χ0v) is 25.9. The van der Waals surface area contributed by atoms with E-state index in [2.05, 4.69) is 10.2 Å². The highest BCUT2D eigenvalue weighted by atomic mass is 35.5. The van der Waals surface area contributed by atoms with Gasteiger partial charge in [-0.15, -0.1) is 0 Å². The molecule has 0 saturated carbocycles. The largest absolute Gasteiger partial charge is 0.342 e. The summed E-state index contributed by atoms with van der Waals surface area (Å²) in [6.07, 6.45) is 7.29. The molecule has 0 atom stereocenters. The van der Waals surface area contributed by atoms with Gasteiger partial charge in [-0.1, -0.05) is 35.3 Å². The molecule has 0 aliphatic carbocycles. The maximum Gasteiger partial charge on any atom is 0.230 e. The van der Waals surface area contributed by atoms with Crippen LogP contribution in [0.15, 0.2) is 42.5 Å². The van der Waals surface area contributed by atoms with Crippen molar-refractivity contribution in [3.63, 3.8) is 0 Å². The summed E-state index contributed by atoms with van der Waals surface area (Å²) in [7, 11) is 0. The van der Waals surface area contributed by atoms with Crippen LogP contribution in [-0.4, -0.2) is 74.0 Å². The molecule has 3 saturated heterocycles. The van der Waals surface area contributed by atoms with Gasteiger partial charge in [-0.25, -0.2) is 4.39 Å². The molecule has 6 nitrogen and oxygen atoms in total. The summed E-state index contributed by atoms with van der Waals surface area (Å²) >= 11 is 12.6. The van der Waals surface area contributed by atoms with Crippen LogP contribution < -0.4 is 10.2 Å². The lowest BCUT2D eigenvalue weighted by Crippen LogP contribution is -2.48. The zero-order chi connectivity index (χ0) is 29.5. The third kappa shape index (κ3) is 8.25. The van der Waals surface area contributed by atoms with Gasteiger partial charge in [0, 0.05) is 37.2 Å². The van der Waals surface area contributed by atoms with Crippen molar-refractivity contribution in [2.75, 3.05) is 57.3 Å². The molecule has 0 bridgehead atoms. The summed E-state index contributed by atoms with van der Waals surface area (Å²) in [6, 6.07) is 12.3. The first-order valence-electron chi connectivity index (χ1n) is 15.6. The number of hydrogen-bond donors (Lipinski definition) is 1. The fraction of sp³-hybridized carbons (Fsp3) is 0.576. The minimum Gasteiger partial charge on any atom is -0.342 e. The molecule has 228 valence electrons. The smallest absolute Gasteiger partial charge is 0.230 e. The van der Waals surface area contributed by atoms with Crippen LogP contribution in [0.3, 0.4) is 0 Å².